The van der Waals surface area contributed by atoms with Crippen LogP contribution in [0.3, 0.4) is 0 Å². The second-order valence-corrected chi connectivity index (χ2v) is 9.38. The molecule has 0 saturated carbocycles. The van der Waals surface area contributed by atoms with E-state index in [4.69, 9.17) is 4.42 Å². The predicted octanol–water partition coefficient (Wildman–Crippen LogP) is 3.24. The SMILES string of the molecule is Cc1ccc(S(=O)(=O)N/N=C2\CCCc3oc(C(=O)NCc4cccnc4)c(C)c32)cc1. The maximum absolute atomic E-state index is 12.7. The average molecular weight is 453 g/mol. The molecule has 1 aliphatic carbocycles. The number of benzene rings is 1. The van der Waals surface area contributed by atoms with E-state index in [2.05, 4.69) is 20.2 Å². The van der Waals surface area contributed by atoms with Crippen LogP contribution in [0.1, 0.15) is 51.4 Å². The number of rotatable bonds is 6. The maximum atomic E-state index is 12.7. The van der Waals surface area contributed by atoms with E-state index in [9.17, 15) is 13.2 Å². The summed E-state index contributed by atoms with van der Waals surface area (Å²) < 4.78 is 31.1. The van der Waals surface area contributed by atoms with Crippen LogP contribution in [0.15, 0.2) is 63.2 Å². The molecule has 0 unspecified atom stereocenters. The Morgan fingerprint density at radius 2 is 1.94 bits per heavy atom. The summed E-state index contributed by atoms with van der Waals surface area (Å²) in [4.78, 5) is 19.2. The number of carbonyl (C=O) groups excluding carboxylic acids is 1. The molecule has 0 spiro atoms. The number of furan rings is 1. The highest BCUT2D eigenvalue weighted by molar-refractivity contribution is 7.89. The van der Waals surface area contributed by atoms with Gasteiger partial charge in [0.1, 0.15) is 5.76 Å². The summed E-state index contributed by atoms with van der Waals surface area (Å²) >= 11 is 0. The molecule has 2 heterocycles. The van der Waals surface area contributed by atoms with E-state index in [1.165, 1.54) is 12.1 Å². The van der Waals surface area contributed by atoms with Crippen molar-refractivity contribution in [2.24, 2.45) is 5.10 Å². The van der Waals surface area contributed by atoms with Gasteiger partial charge in [0.25, 0.3) is 15.9 Å². The lowest BCUT2D eigenvalue weighted by Gasteiger charge is -2.14. The zero-order valence-electron chi connectivity index (χ0n) is 17.9. The standard InChI is InChI=1S/C23H24N4O4S/c1-15-8-10-18(11-9-15)32(29,30)27-26-19-6-3-7-20-21(19)16(2)22(31-20)23(28)25-14-17-5-4-12-24-13-17/h4-5,8-13,27H,3,6-7,14H2,1-2H3,(H,25,28)/b26-19+. The Morgan fingerprint density at radius 3 is 2.66 bits per heavy atom. The van der Waals surface area contributed by atoms with Gasteiger partial charge >= 0.3 is 0 Å². The highest BCUT2D eigenvalue weighted by atomic mass is 32.2. The molecule has 8 nitrogen and oxygen atoms in total. The van der Waals surface area contributed by atoms with E-state index in [0.717, 1.165) is 17.5 Å². The third kappa shape index (κ3) is 4.57. The van der Waals surface area contributed by atoms with Crippen LogP contribution < -0.4 is 10.1 Å². The van der Waals surface area contributed by atoms with Gasteiger partial charge in [0.05, 0.1) is 10.6 Å². The monoisotopic (exact) mass is 452 g/mol. The van der Waals surface area contributed by atoms with Crippen LogP contribution in [0.25, 0.3) is 0 Å². The van der Waals surface area contributed by atoms with Crippen LogP contribution >= 0.6 is 0 Å². The summed E-state index contributed by atoms with van der Waals surface area (Å²) in [5, 5.41) is 7.04. The van der Waals surface area contributed by atoms with E-state index in [1.807, 2.05) is 13.0 Å². The van der Waals surface area contributed by atoms with Gasteiger partial charge in [-0.1, -0.05) is 23.8 Å². The highest BCUT2D eigenvalue weighted by Gasteiger charge is 2.28. The average Bonchev–Trinajstić information content (AvgIpc) is 3.14. The molecule has 3 aromatic rings. The van der Waals surface area contributed by atoms with Crippen molar-refractivity contribution < 1.29 is 17.6 Å². The molecule has 1 amide bonds. The number of fused-ring (bicyclic) bond motifs is 1. The number of nitrogens with one attached hydrogen (secondary N) is 2. The molecule has 0 atom stereocenters. The smallest absolute Gasteiger partial charge is 0.287 e. The third-order valence-corrected chi connectivity index (χ3v) is 6.56. The minimum absolute atomic E-state index is 0.142. The molecule has 1 aromatic carbocycles. The summed E-state index contributed by atoms with van der Waals surface area (Å²) in [6.45, 7) is 4.01. The highest BCUT2D eigenvalue weighted by Crippen LogP contribution is 2.30. The van der Waals surface area contributed by atoms with Gasteiger partial charge in [-0.25, -0.2) is 0 Å². The molecule has 4 rings (SSSR count). The number of amides is 1. The van der Waals surface area contributed by atoms with Gasteiger partial charge in [-0.2, -0.15) is 18.4 Å². The Balaban J connectivity index is 1.55. The lowest BCUT2D eigenvalue weighted by Crippen LogP contribution is -2.23. The van der Waals surface area contributed by atoms with Crippen molar-refractivity contribution in [3.05, 3.63) is 82.6 Å². The number of hydrogen-bond acceptors (Lipinski definition) is 6. The van der Waals surface area contributed by atoms with Crippen LogP contribution in [-0.4, -0.2) is 25.0 Å². The first kappa shape index (κ1) is 21.8. The number of aryl methyl sites for hydroxylation is 2. The Labute approximate surface area is 186 Å². The van der Waals surface area contributed by atoms with Crippen molar-refractivity contribution in [3.8, 4) is 0 Å². The second-order valence-electron chi connectivity index (χ2n) is 7.72. The van der Waals surface area contributed by atoms with Crippen LogP contribution in [0, 0.1) is 13.8 Å². The Bertz CT molecular complexity index is 1260. The molecule has 166 valence electrons. The van der Waals surface area contributed by atoms with E-state index in [0.29, 0.717) is 42.0 Å². The molecule has 1 aliphatic rings. The third-order valence-electron chi connectivity index (χ3n) is 5.34. The first-order valence-electron chi connectivity index (χ1n) is 10.3. The fourth-order valence-electron chi connectivity index (χ4n) is 3.65. The van der Waals surface area contributed by atoms with Gasteiger partial charge in [-0.05, 0) is 50.5 Å². The lowest BCUT2D eigenvalue weighted by atomic mass is 9.93. The number of aromatic nitrogens is 1. The van der Waals surface area contributed by atoms with Gasteiger partial charge in [0.2, 0.25) is 0 Å². The number of nitrogens with zero attached hydrogens (tertiary/aromatic N) is 2. The zero-order chi connectivity index (χ0) is 22.7. The number of sulfonamides is 1. The molecule has 32 heavy (non-hydrogen) atoms. The van der Waals surface area contributed by atoms with Crippen molar-refractivity contribution in [2.75, 3.05) is 0 Å². The van der Waals surface area contributed by atoms with Crippen molar-refractivity contribution in [1.82, 2.24) is 15.1 Å². The maximum Gasteiger partial charge on any atom is 0.287 e. The molecule has 0 bridgehead atoms. The summed E-state index contributed by atoms with van der Waals surface area (Å²) in [6.07, 6.45) is 5.35. The van der Waals surface area contributed by atoms with Crippen LogP contribution in [-0.2, 0) is 23.0 Å². The first-order chi connectivity index (χ1) is 15.3. The molecule has 2 aromatic heterocycles. The topological polar surface area (TPSA) is 114 Å². The van der Waals surface area contributed by atoms with Gasteiger partial charge in [-0.3, -0.25) is 9.78 Å². The molecule has 9 heteroatoms. The normalized spacial score (nSPS) is 14.8. The molecule has 0 fully saturated rings. The largest absolute Gasteiger partial charge is 0.455 e. The van der Waals surface area contributed by atoms with E-state index in [1.54, 1.807) is 37.5 Å². The van der Waals surface area contributed by atoms with Crippen LogP contribution in [0.2, 0.25) is 0 Å². The Morgan fingerprint density at radius 1 is 1.16 bits per heavy atom. The van der Waals surface area contributed by atoms with Gasteiger partial charge in [-0.15, -0.1) is 0 Å². The van der Waals surface area contributed by atoms with Crippen LogP contribution in [0.4, 0.5) is 0 Å². The summed E-state index contributed by atoms with van der Waals surface area (Å²) in [5.74, 6) is 0.531. The van der Waals surface area contributed by atoms with Crippen molar-refractivity contribution in [2.45, 2.75) is 44.6 Å². The minimum atomic E-state index is -3.79. The quantitative estimate of drug-likeness (QED) is 0.558. The Hall–Kier alpha value is -3.46. The Kier molecular flexibility index (Phi) is 6.09. The molecule has 0 saturated heterocycles. The summed E-state index contributed by atoms with van der Waals surface area (Å²) in [5.41, 5.74) is 3.76. The number of hydrazone groups is 1. The fraction of sp³-hybridized carbons (Fsp3) is 0.261. The van der Waals surface area contributed by atoms with E-state index < -0.39 is 10.0 Å². The van der Waals surface area contributed by atoms with Gasteiger partial charge in [0.15, 0.2) is 5.76 Å². The lowest BCUT2D eigenvalue weighted by molar-refractivity contribution is 0.0920. The van der Waals surface area contributed by atoms with Gasteiger partial charge in [0, 0.05) is 36.5 Å². The van der Waals surface area contributed by atoms with Crippen LogP contribution in [0.5, 0.6) is 0 Å². The van der Waals surface area contributed by atoms with Crippen molar-refractivity contribution in [3.63, 3.8) is 0 Å². The minimum Gasteiger partial charge on any atom is -0.455 e. The van der Waals surface area contributed by atoms with Crippen molar-refractivity contribution >= 4 is 21.6 Å². The first-order valence-corrected chi connectivity index (χ1v) is 11.8. The van der Waals surface area contributed by atoms with E-state index >= 15 is 0 Å². The summed E-state index contributed by atoms with van der Waals surface area (Å²) in [7, 11) is -3.79. The second kappa shape index (κ2) is 8.96. The number of carbonyl (C=O) groups is 1. The summed E-state index contributed by atoms with van der Waals surface area (Å²) in [6, 6.07) is 10.2. The molecular formula is C23H24N4O4S. The zero-order valence-corrected chi connectivity index (χ0v) is 18.7. The molecule has 0 aliphatic heterocycles. The number of hydrogen-bond donors (Lipinski definition) is 2. The van der Waals surface area contributed by atoms with E-state index in [-0.39, 0.29) is 16.6 Å². The molecular weight excluding hydrogens is 428 g/mol. The number of pyridine rings is 1. The molecule has 2 N–H and O–H groups in total. The van der Waals surface area contributed by atoms with Crippen molar-refractivity contribution in [1.29, 1.82) is 0 Å². The van der Waals surface area contributed by atoms with Gasteiger partial charge < -0.3 is 9.73 Å². The fourth-order valence-corrected chi connectivity index (χ4v) is 4.48. The predicted molar refractivity (Wildman–Crippen MR) is 120 cm³/mol. The molecule has 0 radical (unpaired) electrons.